The van der Waals surface area contributed by atoms with E-state index in [-0.39, 0.29) is 30.4 Å². The summed E-state index contributed by atoms with van der Waals surface area (Å²) in [6.07, 6.45) is 1.01. The van der Waals surface area contributed by atoms with E-state index in [0.29, 0.717) is 10.6 Å². The van der Waals surface area contributed by atoms with Crippen molar-refractivity contribution >= 4 is 44.8 Å². The highest BCUT2D eigenvalue weighted by atomic mass is 35.5. The Morgan fingerprint density at radius 2 is 1.69 bits per heavy atom. The first-order valence-corrected chi connectivity index (χ1v) is 15.2. The zero-order chi connectivity index (χ0) is 31.0. The Hall–Kier alpha value is -4.16. The van der Waals surface area contributed by atoms with Gasteiger partial charge in [0.15, 0.2) is 0 Å². The molecular weight excluding hydrogens is 584 g/mol. The third-order valence-electron chi connectivity index (χ3n) is 6.32. The van der Waals surface area contributed by atoms with E-state index in [1.165, 1.54) is 24.1 Å². The number of nitro groups is 1. The average Bonchev–Trinajstić information content (AvgIpc) is 2.93. The summed E-state index contributed by atoms with van der Waals surface area (Å²) in [5.74, 6) is -1.16. The van der Waals surface area contributed by atoms with Crippen molar-refractivity contribution in [3.63, 3.8) is 0 Å². The fourth-order valence-corrected chi connectivity index (χ4v) is 5.37. The van der Waals surface area contributed by atoms with Gasteiger partial charge < -0.3 is 15.0 Å². The number of rotatable bonds is 13. The molecule has 42 heavy (non-hydrogen) atoms. The molecule has 0 radical (unpaired) electrons. The predicted molar refractivity (Wildman–Crippen MR) is 161 cm³/mol. The van der Waals surface area contributed by atoms with Crippen LogP contribution < -0.4 is 14.4 Å². The van der Waals surface area contributed by atoms with Crippen LogP contribution in [0.2, 0.25) is 5.02 Å². The summed E-state index contributed by atoms with van der Waals surface area (Å²) < 4.78 is 32.1. The number of sulfonamides is 1. The van der Waals surface area contributed by atoms with Gasteiger partial charge in [0.25, 0.3) is 5.69 Å². The monoisotopic (exact) mass is 616 g/mol. The lowest BCUT2D eigenvalue weighted by Crippen LogP contribution is -2.54. The first-order valence-electron chi connectivity index (χ1n) is 13.0. The number of halogens is 1. The third-order valence-corrected chi connectivity index (χ3v) is 7.82. The summed E-state index contributed by atoms with van der Waals surface area (Å²) in [5.41, 5.74) is 0.741. The Kier molecular flexibility index (Phi) is 10.9. The maximum absolute atomic E-state index is 14.2. The predicted octanol–water partition coefficient (Wildman–Crippen LogP) is 4.19. The number of nitrogens with one attached hydrogen (secondary N) is 1. The number of amides is 2. The van der Waals surface area contributed by atoms with Crippen molar-refractivity contribution < 1.29 is 27.7 Å². The molecule has 1 atom stereocenters. The molecule has 0 spiro atoms. The molecule has 3 rings (SSSR count). The van der Waals surface area contributed by atoms with E-state index in [1.807, 2.05) is 30.3 Å². The van der Waals surface area contributed by atoms with Crippen LogP contribution in [-0.2, 0) is 32.6 Å². The summed E-state index contributed by atoms with van der Waals surface area (Å²) in [5, 5.41) is 14.7. The van der Waals surface area contributed by atoms with E-state index >= 15 is 0 Å². The molecule has 1 unspecified atom stereocenters. The molecule has 11 nitrogen and oxygen atoms in total. The number of hydrogen-bond donors (Lipinski definition) is 1. The van der Waals surface area contributed by atoms with Gasteiger partial charge in [0.2, 0.25) is 21.8 Å². The SMILES string of the molecule is COc1ccc([N+](=O)[O-])cc1N(CC(=O)N(Cc1ccccc1Cl)C(Cc1ccccc1)C(=O)NC(C)C)S(C)(=O)=O. The molecular formula is C29H33ClN4O7S. The molecule has 0 aliphatic rings. The van der Waals surface area contributed by atoms with Gasteiger partial charge >= 0.3 is 0 Å². The van der Waals surface area contributed by atoms with Crippen LogP contribution in [0, 0.1) is 10.1 Å². The molecule has 0 fully saturated rings. The largest absolute Gasteiger partial charge is 0.495 e. The van der Waals surface area contributed by atoms with Gasteiger partial charge in [-0.15, -0.1) is 0 Å². The number of hydrogen-bond acceptors (Lipinski definition) is 7. The quantitative estimate of drug-likeness (QED) is 0.224. The highest BCUT2D eigenvalue weighted by Crippen LogP contribution is 2.34. The summed E-state index contributed by atoms with van der Waals surface area (Å²) in [4.78, 5) is 39.8. The number of ether oxygens (including phenoxy) is 1. The van der Waals surface area contributed by atoms with Gasteiger partial charge in [-0.3, -0.25) is 24.0 Å². The van der Waals surface area contributed by atoms with E-state index in [9.17, 15) is 28.1 Å². The van der Waals surface area contributed by atoms with Crippen LogP contribution in [0.4, 0.5) is 11.4 Å². The van der Waals surface area contributed by atoms with E-state index < -0.39 is 45.0 Å². The zero-order valence-electron chi connectivity index (χ0n) is 23.7. The van der Waals surface area contributed by atoms with Gasteiger partial charge in [-0.2, -0.15) is 0 Å². The van der Waals surface area contributed by atoms with Crippen LogP contribution in [0.5, 0.6) is 5.75 Å². The van der Waals surface area contributed by atoms with Gasteiger partial charge in [-0.25, -0.2) is 8.42 Å². The van der Waals surface area contributed by atoms with Crippen molar-refractivity contribution in [2.45, 2.75) is 38.9 Å². The van der Waals surface area contributed by atoms with Crippen molar-refractivity contribution in [2.75, 3.05) is 24.2 Å². The maximum atomic E-state index is 14.2. The molecule has 0 aromatic heterocycles. The zero-order valence-corrected chi connectivity index (χ0v) is 25.3. The van der Waals surface area contributed by atoms with Crippen molar-refractivity contribution in [1.29, 1.82) is 0 Å². The Balaban J connectivity index is 2.14. The fourth-order valence-electron chi connectivity index (χ4n) is 4.33. The van der Waals surface area contributed by atoms with Crippen LogP contribution in [0.3, 0.4) is 0 Å². The van der Waals surface area contributed by atoms with Crippen LogP contribution in [0.25, 0.3) is 0 Å². The number of carbonyl (C=O) groups excluding carboxylic acids is 2. The van der Waals surface area contributed by atoms with Gasteiger partial charge in [0.1, 0.15) is 24.0 Å². The van der Waals surface area contributed by atoms with Crippen molar-refractivity contribution in [3.05, 3.63) is 99.1 Å². The van der Waals surface area contributed by atoms with E-state index in [1.54, 1.807) is 38.1 Å². The molecule has 0 saturated carbocycles. The van der Waals surface area contributed by atoms with E-state index in [0.717, 1.165) is 22.2 Å². The number of nitrogens with zero attached hydrogens (tertiary/aromatic N) is 3. The summed E-state index contributed by atoms with van der Waals surface area (Å²) in [6, 6.07) is 18.1. The number of methoxy groups -OCH3 is 1. The van der Waals surface area contributed by atoms with Crippen molar-refractivity contribution in [1.82, 2.24) is 10.2 Å². The van der Waals surface area contributed by atoms with Crippen LogP contribution in [-0.4, -0.2) is 62.0 Å². The fraction of sp³-hybridized carbons (Fsp3) is 0.310. The molecule has 2 amide bonds. The number of nitro benzene ring substituents is 1. The van der Waals surface area contributed by atoms with Crippen LogP contribution in [0.15, 0.2) is 72.8 Å². The molecule has 13 heteroatoms. The topological polar surface area (TPSA) is 139 Å². The van der Waals surface area contributed by atoms with Crippen LogP contribution in [0.1, 0.15) is 25.0 Å². The molecule has 0 bridgehead atoms. The lowest BCUT2D eigenvalue weighted by Gasteiger charge is -2.34. The second-order valence-electron chi connectivity index (χ2n) is 9.86. The second-order valence-corrected chi connectivity index (χ2v) is 12.2. The molecule has 0 saturated heterocycles. The minimum atomic E-state index is -4.17. The highest BCUT2D eigenvalue weighted by molar-refractivity contribution is 7.92. The molecule has 0 heterocycles. The normalized spacial score (nSPS) is 12.0. The Labute approximate surface area is 250 Å². The molecule has 224 valence electrons. The van der Waals surface area contributed by atoms with Crippen molar-refractivity contribution in [3.8, 4) is 5.75 Å². The summed E-state index contributed by atoms with van der Waals surface area (Å²) in [7, 11) is -2.89. The Bertz CT molecular complexity index is 1530. The molecule has 1 N–H and O–H groups in total. The third kappa shape index (κ3) is 8.43. The Morgan fingerprint density at radius 1 is 1.05 bits per heavy atom. The average molecular weight is 617 g/mol. The highest BCUT2D eigenvalue weighted by Gasteiger charge is 2.34. The number of benzene rings is 3. The summed E-state index contributed by atoms with van der Waals surface area (Å²) in [6.45, 7) is 2.71. The van der Waals surface area contributed by atoms with Gasteiger partial charge in [0, 0.05) is 36.2 Å². The smallest absolute Gasteiger partial charge is 0.271 e. The number of carbonyl (C=O) groups is 2. The molecule has 3 aromatic rings. The minimum Gasteiger partial charge on any atom is -0.495 e. The number of non-ortho nitro benzene ring substituents is 1. The van der Waals surface area contributed by atoms with Gasteiger partial charge in [-0.1, -0.05) is 60.1 Å². The Morgan fingerprint density at radius 3 is 2.26 bits per heavy atom. The minimum absolute atomic E-state index is 0.00913. The standard InChI is InChI=1S/C29H33ClN4O7S/c1-20(2)31-29(36)26(16-21-10-6-5-7-11-21)32(18-22-12-8-9-13-24(22)30)28(35)19-33(42(4,39)40)25-17-23(34(37)38)14-15-27(25)41-3/h5-15,17,20,26H,16,18-19H2,1-4H3,(H,31,36). The van der Waals surface area contributed by atoms with E-state index in [4.69, 9.17) is 16.3 Å². The second kappa shape index (κ2) is 14.1. The molecule has 0 aliphatic heterocycles. The summed E-state index contributed by atoms with van der Waals surface area (Å²) >= 11 is 6.44. The number of anilines is 1. The molecule has 3 aromatic carbocycles. The molecule has 0 aliphatic carbocycles. The maximum Gasteiger partial charge on any atom is 0.271 e. The van der Waals surface area contributed by atoms with Crippen LogP contribution >= 0.6 is 11.6 Å². The van der Waals surface area contributed by atoms with E-state index in [2.05, 4.69) is 5.32 Å². The lowest BCUT2D eigenvalue weighted by atomic mass is 10.0. The first kappa shape index (κ1) is 32.4. The lowest BCUT2D eigenvalue weighted by molar-refractivity contribution is -0.384. The first-order chi connectivity index (χ1) is 19.8. The van der Waals surface area contributed by atoms with Gasteiger partial charge in [0.05, 0.1) is 18.3 Å². The van der Waals surface area contributed by atoms with Crippen molar-refractivity contribution in [2.24, 2.45) is 0 Å². The van der Waals surface area contributed by atoms with Gasteiger partial charge in [-0.05, 0) is 37.1 Å².